The number of hydrogen-bond acceptors (Lipinski definition) is 3. The van der Waals surface area contributed by atoms with Gasteiger partial charge in [0.1, 0.15) is 5.75 Å². The van der Waals surface area contributed by atoms with Gasteiger partial charge in [0.25, 0.3) is 0 Å². The summed E-state index contributed by atoms with van der Waals surface area (Å²) >= 11 is 3.29. The zero-order valence-corrected chi connectivity index (χ0v) is 9.08. The van der Waals surface area contributed by atoms with E-state index >= 15 is 0 Å². The van der Waals surface area contributed by atoms with E-state index in [0.717, 1.165) is 4.47 Å². The Labute approximate surface area is 89.7 Å². The minimum Gasteiger partial charge on any atom is -0.497 e. The molecule has 6 heteroatoms. The van der Waals surface area contributed by atoms with Crippen molar-refractivity contribution in [2.45, 2.75) is 0 Å². The lowest BCUT2D eigenvalue weighted by atomic mass is 10.3. The van der Waals surface area contributed by atoms with E-state index in [0.29, 0.717) is 11.4 Å². The first-order valence-corrected chi connectivity index (χ1v) is 4.54. The zero-order chi connectivity index (χ0) is 10.6. The summed E-state index contributed by atoms with van der Waals surface area (Å²) in [6.07, 6.45) is 0. The maximum absolute atomic E-state index is 8.44. The molecular formula is C8H10BrN3O2. The van der Waals surface area contributed by atoms with E-state index in [1.807, 2.05) is 0 Å². The maximum atomic E-state index is 8.44. The first kappa shape index (κ1) is 10.8. The van der Waals surface area contributed by atoms with Crippen LogP contribution in [0.25, 0.3) is 0 Å². The molecule has 1 aromatic rings. The molecule has 0 saturated carbocycles. The van der Waals surface area contributed by atoms with Crippen LogP contribution in [0.4, 0.5) is 5.69 Å². The summed E-state index contributed by atoms with van der Waals surface area (Å²) in [5.41, 5.74) is 7.60. The third-order valence-electron chi connectivity index (χ3n) is 1.46. The maximum Gasteiger partial charge on any atom is 0.218 e. The molecule has 0 aromatic heterocycles. The molecule has 0 spiro atoms. The van der Waals surface area contributed by atoms with Gasteiger partial charge >= 0.3 is 0 Å². The van der Waals surface area contributed by atoms with Gasteiger partial charge in [-0.1, -0.05) is 15.9 Å². The number of hydroxylamine groups is 1. The van der Waals surface area contributed by atoms with Crippen LogP contribution in [0, 0.1) is 0 Å². The van der Waals surface area contributed by atoms with Gasteiger partial charge in [0.05, 0.1) is 12.8 Å². The van der Waals surface area contributed by atoms with Crippen molar-refractivity contribution in [1.82, 2.24) is 5.48 Å². The molecule has 1 aromatic carbocycles. The molecule has 0 radical (unpaired) electrons. The highest BCUT2D eigenvalue weighted by atomic mass is 79.9. The van der Waals surface area contributed by atoms with Crippen molar-refractivity contribution in [3.8, 4) is 5.75 Å². The lowest BCUT2D eigenvalue weighted by Gasteiger charge is -2.03. The van der Waals surface area contributed by atoms with E-state index in [2.05, 4.69) is 20.9 Å². The van der Waals surface area contributed by atoms with Gasteiger partial charge in [-0.3, -0.25) is 5.21 Å². The number of rotatable bonds is 2. The first-order valence-electron chi connectivity index (χ1n) is 3.74. The molecule has 0 fully saturated rings. The summed E-state index contributed by atoms with van der Waals surface area (Å²) < 4.78 is 5.85. The molecule has 0 aliphatic heterocycles. The molecule has 0 atom stereocenters. The molecule has 0 heterocycles. The predicted molar refractivity (Wildman–Crippen MR) is 56.9 cm³/mol. The van der Waals surface area contributed by atoms with Crippen LogP contribution in [-0.4, -0.2) is 18.3 Å². The zero-order valence-electron chi connectivity index (χ0n) is 7.49. The second-order valence-corrected chi connectivity index (χ2v) is 3.37. The number of nitrogens with two attached hydrogens (primary N) is 1. The Kier molecular flexibility index (Phi) is 3.73. The Morgan fingerprint density at radius 1 is 1.57 bits per heavy atom. The largest absolute Gasteiger partial charge is 0.497 e. The van der Waals surface area contributed by atoms with Gasteiger partial charge in [-0.25, -0.2) is 10.5 Å². The van der Waals surface area contributed by atoms with E-state index in [4.69, 9.17) is 15.7 Å². The third kappa shape index (κ3) is 2.90. The molecule has 0 aliphatic carbocycles. The topological polar surface area (TPSA) is 79.9 Å². The van der Waals surface area contributed by atoms with Gasteiger partial charge in [-0.15, -0.1) is 0 Å². The highest BCUT2D eigenvalue weighted by molar-refractivity contribution is 9.10. The van der Waals surface area contributed by atoms with E-state index in [1.54, 1.807) is 30.8 Å². The third-order valence-corrected chi connectivity index (χ3v) is 1.91. The molecule has 76 valence electrons. The number of nitrogens with one attached hydrogen (secondary N) is 1. The monoisotopic (exact) mass is 259 g/mol. The number of ether oxygens (including phenoxy) is 1. The van der Waals surface area contributed by atoms with Crippen LogP contribution in [-0.2, 0) is 0 Å². The minimum absolute atomic E-state index is 0.0786. The fourth-order valence-corrected chi connectivity index (χ4v) is 1.35. The molecule has 14 heavy (non-hydrogen) atoms. The summed E-state index contributed by atoms with van der Waals surface area (Å²) in [4.78, 5) is 3.87. The van der Waals surface area contributed by atoms with Crippen LogP contribution in [0.1, 0.15) is 0 Å². The van der Waals surface area contributed by atoms with Crippen molar-refractivity contribution >= 4 is 27.6 Å². The second-order valence-electron chi connectivity index (χ2n) is 2.46. The molecule has 0 aliphatic rings. The Morgan fingerprint density at radius 3 is 2.86 bits per heavy atom. The van der Waals surface area contributed by atoms with Crippen LogP contribution >= 0.6 is 15.9 Å². The standard InChI is InChI=1S/C8H10BrN3O2/c1-14-7-3-5(9)2-6(4-7)11-8(10)12-13/h2-4,13H,1H3,(H3,10,11,12). The predicted octanol–water partition coefficient (Wildman–Crippen LogP) is 1.38. The Hall–Kier alpha value is -1.27. The van der Waals surface area contributed by atoms with E-state index in [-0.39, 0.29) is 5.96 Å². The average Bonchev–Trinajstić information content (AvgIpc) is 2.16. The molecule has 0 bridgehead atoms. The van der Waals surface area contributed by atoms with Crippen molar-refractivity contribution < 1.29 is 9.94 Å². The van der Waals surface area contributed by atoms with Crippen LogP contribution in [0.5, 0.6) is 5.75 Å². The summed E-state index contributed by atoms with van der Waals surface area (Å²) in [5, 5.41) is 8.44. The van der Waals surface area contributed by atoms with Crippen LogP contribution in [0.2, 0.25) is 0 Å². The molecule has 1 rings (SSSR count). The summed E-state index contributed by atoms with van der Waals surface area (Å²) in [6.45, 7) is 0. The molecule has 4 N–H and O–H groups in total. The molecule has 0 amide bonds. The van der Waals surface area contributed by atoms with E-state index < -0.39 is 0 Å². The number of benzene rings is 1. The Balaban J connectivity index is 3.03. The Bertz CT molecular complexity index is 354. The average molecular weight is 260 g/mol. The van der Waals surface area contributed by atoms with Crippen LogP contribution < -0.4 is 16.0 Å². The van der Waals surface area contributed by atoms with Gasteiger partial charge in [0, 0.05) is 10.5 Å². The SMILES string of the molecule is COc1cc(Br)cc(N=C(N)NO)c1. The van der Waals surface area contributed by atoms with E-state index in [1.165, 1.54) is 0 Å². The van der Waals surface area contributed by atoms with Crippen LogP contribution in [0.15, 0.2) is 27.7 Å². The van der Waals surface area contributed by atoms with Crippen LogP contribution in [0.3, 0.4) is 0 Å². The van der Waals surface area contributed by atoms with Gasteiger partial charge in [-0.2, -0.15) is 0 Å². The van der Waals surface area contributed by atoms with Crippen molar-refractivity contribution in [2.24, 2.45) is 10.7 Å². The van der Waals surface area contributed by atoms with Gasteiger partial charge < -0.3 is 10.5 Å². The number of methoxy groups -OCH3 is 1. The van der Waals surface area contributed by atoms with Crippen molar-refractivity contribution in [3.63, 3.8) is 0 Å². The fraction of sp³-hybridized carbons (Fsp3) is 0.125. The lowest BCUT2D eigenvalue weighted by Crippen LogP contribution is -2.27. The van der Waals surface area contributed by atoms with Crippen molar-refractivity contribution in [2.75, 3.05) is 7.11 Å². The van der Waals surface area contributed by atoms with Crippen molar-refractivity contribution in [1.29, 1.82) is 0 Å². The highest BCUT2D eigenvalue weighted by Crippen LogP contribution is 2.26. The summed E-state index contributed by atoms with van der Waals surface area (Å²) in [7, 11) is 1.56. The highest BCUT2D eigenvalue weighted by Gasteiger charge is 1.98. The summed E-state index contributed by atoms with van der Waals surface area (Å²) in [5.74, 6) is 0.578. The molecule has 5 nitrogen and oxygen atoms in total. The first-order chi connectivity index (χ1) is 6.65. The molecule has 0 unspecified atom stereocenters. The van der Waals surface area contributed by atoms with Gasteiger partial charge in [0.2, 0.25) is 5.96 Å². The van der Waals surface area contributed by atoms with Gasteiger partial charge in [-0.05, 0) is 12.1 Å². The summed E-state index contributed by atoms with van der Waals surface area (Å²) in [6, 6.07) is 5.23. The number of halogens is 1. The minimum atomic E-state index is -0.0786. The Morgan fingerprint density at radius 2 is 2.29 bits per heavy atom. The smallest absolute Gasteiger partial charge is 0.218 e. The number of hydrogen-bond donors (Lipinski definition) is 3. The van der Waals surface area contributed by atoms with Crippen molar-refractivity contribution in [3.05, 3.63) is 22.7 Å². The quantitative estimate of drug-likeness (QED) is 0.426. The molecule has 0 saturated heterocycles. The second kappa shape index (κ2) is 4.83. The number of guanidine groups is 1. The normalized spacial score (nSPS) is 11.2. The van der Waals surface area contributed by atoms with E-state index in [9.17, 15) is 0 Å². The number of aliphatic imine (C=N–C) groups is 1. The lowest BCUT2D eigenvalue weighted by molar-refractivity contribution is 0.233. The van der Waals surface area contributed by atoms with Gasteiger partial charge in [0.15, 0.2) is 0 Å². The molecular weight excluding hydrogens is 250 g/mol. The number of nitrogens with zero attached hydrogens (tertiary/aromatic N) is 1. The fourth-order valence-electron chi connectivity index (χ4n) is 0.894.